The van der Waals surface area contributed by atoms with Crippen LogP contribution in [-0.4, -0.2) is 50.8 Å². The third-order valence-electron chi connectivity index (χ3n) is 6.02. The summed E-state index contributed by atoms with van der Waals surface area (Å²) in [6.45, 7) is 9.70. The van der Waals surface area contributed by atoms with Crippen LogP contribution < -0.4 is 5.32 Å². The second-order valence-electron chi connectivity index (χ2n) is 8.88. The zero-order valence-electron chi connectivity index (χ0n) is 16.8. The molecule has 1 spiro atoms. The second kappa shape index (κ2) is 8.43. The minimum absolute atomic E-state index is 0.263. The van der Waals surface area contributed by atoms with E-state index in [9.17, 15) is 0 Å². The Labute approximate surface area is 159 Å². The molecular weight excluding hydrogens is 322 g/mol. The highest BCUT2D eigenvalue weighted by Crippen LogP contribution is 2.38. The summed E-state index contributed by atoms with van der Waals surface area (Å²) in [5.74, 6) is 1.06. The van der Waals surface area contributed by atoms with Crippen LogP contribution in [0.2, 0.25) is 0 Å². The van der Waals surface area contributed by atoms with E-state index >= 15 is 0 Å². The Hall–Kier alpha value is -1.55. The minimum Gasteiger partial charge on any atom is -0.381 e. The van der Waals surface area contributed by atoms with Crippen molar-refractivity contribution >= 4 is 5.96 Å². The van der Waals surface area contributed by atoms with Gasteiger partial charge in [0.2, 0.25) is 0 Å². The van der Waals surface area contributed by atoms with Crippen LogP contribution in [0.5, 0.6) is 0 Å². The number of hydrogen-bond donors (Lipinski definition) is 1. The van der Waals surface area contributed by atoms with Crippen molar-refractivity contribution in [3.8, 4) is 0 Å². The van der Waals surface area contributed by atoms with Gasteiger partial charge in [0.15, 0.2) is 5.96 Å². The average molecular weight is 358 g/mol. The van der Waals surface area contributed by atoms with E-state index in [0.29, 0.717) is 5.41 Å². The zero-order chi connectivity index (χ0) is 18.5. The van der Waals surface area contributed by atoms with Gasteiger partial charge in [-0.2, -0.15) is 0 Å². The molecule has 144 valence electrons. The number of guanidine groups is 1. The number of hydrogen-bond acceptors (Lipinski definition) is 2. The molecule has 1 atom stereocenters. The molecular formula is C22H35N3O. The first kappa shape index (κ1) is 19.2. The zero-order valence-corrected chi connectivity index (χ0v) is 16.8. The molecule has 4 nitrogen and oxygen atoms in total. The number of nitrogens with zero attached hydrogens (tertiary/aromatic N) is 2. The Kier molecular flexibility index (Phi) is 6.23. The van der Waals surface area contributed by atoms with E-state index in [1.54, 1.807) is 0 Å². The van der Waals surface area contributed by atoms with Crippen LogP contribution in [0.15, 0.2) is 35.3 Å². The van der Waals surface area contributed by atoms with Crippen molar-refractivity contribution in [2.45, 2.75) is 46.0 Å². The number of ether oxygens (including phenoxy) is 1. The summed E-state index contributed by atoms with van der Waals surface area (Å²) in [5, 5.41) is 3.64. The molecule has 1 unspecified atom stereocenters. The molecule has 2 fully saturated rings. The molecule has 3 rings (SSSR count). The van der Waals surface area contributed by atoms with Gasteiger partial charge in [-0.3, -0.25) is 4.99 Å². The van der Waals surface area contributed by atoms with Crippen LogP contribution in [0.4, 0.5) is 0 Å². The Balaban J connectivity index is 1.43. The van der Waals surface area contributed by atoms with Crippen LogP contribution >= 0.6 is 0 Å². The Morgan fingerprint density at radius 3 is 2.77 bits per heavy atom. The highest BCUT2D eigenvalue weighted by molar-refractivity contribution is 5.80. The Morgan fingerprint density at radius 2 is 2.08 bits per heavy atom. The highest BCUT2D eigenvalue weighted by atomic mass is 16.5. The summed E-state index contributed by atoms with van der Waals surface area (Å²) in [6.07, 6.45) is 6.03. The second-order valence-corrected chi connectivity index (χ2v) is 8.88. The molecule has 1 N–H and O–H groups in total. The molecule has 4 heteroatoms. The van der Waals surface area contributed by atoms with Crippen molar-refractivity contribution in [3.63, 3.8) is 0 Å². The Morgan fingerprint density at radius 1 is 1.27 bits per heavy atom. The van der Waals surface area contributed by atoms with Crippen molar-refractivity contribution in [1.29, 1.82) is 0 Å². The third-order valence-corrected chi connectivity index (χ3v) is 6.02. The summed E-state index contributed by atoms with van der Waals surface area (Å²) in [6, 6.07) is 10.8. The lowest BCUT2D eigenvalue weighted by Gasteiger charge is -2.29. The molecule has 0 bridgehead atoms. The predicted octanol–water partition coefficient (Wildman–Crippen LogP) is 3.72. The number of nitrogens with one attached hydrogen (secondary N) is 1. The number of benzene rings is 1. The van der Waals surface area contributed by atoms with Crippen molar-refractivity contribution in [1.82, 2.24) is 10.2 Å². The molecule has 26 heavy (non-hydrogen) atoms. The molecule has 1 aromatic carbocycles. The van der Waals surface area contributed by atoms with Gasteiger partial charge in [-0.05, 0) is 43.1 Å². The average Bonchev–Trinajstić information content (AvgIpc) is 3.27. The molecule has 0 amide bonds. The van der Waals surface area contributed by atoms with E-state index in [1.807, 2.05) is 7.05 Å². The van der Waals surface area contributed by atoms with Gasteiger partial charge in [0.05, 0.1) is 6.61 Å². The van der Waals surface area contributed by atoms with Gasteiger partial charge in [0, 0.05) is 38.7 Å². The topological polar surface area (TPSA) is 36.9 Å². The first-order chi connectivity index (χ1) is 12.5. The molecule has 0 aromatic heterocycles. The van der Waals surface area contributed by atoms with Gasteiger partial charge in [0.25, 0.3) is 0 Å². The fourth-order valence-corrected chi connectivity index (χ4v) is 4.24. The van der Waals surface area contributed by atoms with Gasteiger partial charge in [-0.15, -0.1) is 0 Å². The fourth-order valence-electron chi connectivity index (χ4n) is 4.24. The minimum atomic E-state index is 0.263. The lowest BCUT2D eigenvalue weighted by Crippen LogP contribution is -2.44. The van der Waals surface area contributed by atoms with Gasteiger partial charge in [-0.1, -0.05) is 44.2 Å². The summed E-state index contributed by atoms with van der Waals surface area (Å²) >= 11 is 0. The Bertz CT molecular complexity index is 591. The molecule has 2 saturated heterocycles. The van der Waals surface area contributed by atoms with Crippen LogP contribution in [0.3, 0.4) is 0 Å². The normalized spacial score (nSPS) is 23.8. The van der Waals surface area contributed by atoms with E-state index < -0.39 is 0 Å². The third kappa shape index (κ3) is 5.00. The van der Waals surface area contributed by atoms with Crippen molar-refractivity contribution in [2.24, 2.45) is 15.8 Å². The SMILES string of the molecule is CN=C(NCC(C)(C)CCCc1ccccc1)N1CCC2(CCOC2)C1. The van der Waals surface area contributed by atoms with Crippen LogP contribution in [-0.2, 0) is 11.2 Å². The fraction of sp³-hybridized carbons (Fsp3) is 0.682. The molecule has 0 aliphatic carbocycles. The van der Waals surface area contributed by atoms with E-state index in [4.69, 9.17) is 4.74 Å². The van der Waals surface area contributed by atoms with Gasteiger partial charge < -0.3 is 15.0 Å². The number of aliphatic imine (C=N–C) groups is 1. The number of rotatable bonds is 6. The standard InChI is InChI=1S/C22H35N3O/c1-21(2,11-7-10-19-8-5-4-6-9-19)16-24-20(23-3)25-14-12-22(17-25)13-15-26-18-22/h4-6,8-9H,7,10-18H2,1-3H3,(H,23,24). The predicted molar refractivity (Wildman–Crippen MR) is 109 cm³/mol. The van der Waals surface area contributed by atoms with Gasteiger partial charge in [-0.25, -0.2) is 0 Å². The maximum absolute atomic E-state index is 5.65. The largest absolute Gasteiger partial charge is 0.381 e. The maximum atomic E-state index is 5.65. The van der Waals surface area contributed by atoms with E-state index in [-0.39, 0.29) is 5.41 Å². The van der Waals surface area contributed by atoms with E-state index in [2.05, 4.69) is 59.4 Å². The summed E-state index contributed by atoms with van der Waals surface area (Å²) in [4.78, 5) is 6.97. The van der Waals surface area contributed by atoms with Gasteiger partial charge in [0.1, 0.15) is 0 Å². The van der Waals surface area contributed by atoms with Crippen molar-refractivity contribution in [3.05, 3.63) is 35.9 Å². The summed E-state index contributed by atoms with van der Waals surface area (Å²) < 4.78 is 5.65. The van der Waals surface area contributed by atoms with Crippen LogP contribution in [0.1, 0.15) is 45.1 Å². The molecule has 2 aliphatic rings. The number of aryl methyl sites for hydroxylation is 1. The molecule has 0 radical (unpaired) electrons. The molecule has 2 aliphatic heterocycles. The molecule has 2 heterocycles. The maximum Gasteiger partial charge on any atom is 0.193 e. The smallest absolute Gasteiger partial charge is 0.193 e. The summed E-state index contributed by atoms with van der Waals surface area (Å²) in [5.41, 5.74) is 2.08. The molecule has 0 saturated carbocycles. The number of likely N-dealkylation sites (tertiary alicyclic amines) is 1. The first-order valence-corrected chi connectivity index (χ1v) is 10.1. The van der Waals surface area contributed by atoms with Crippen molar-refractivity contribution < 1.29 is 4.74 Å². The quantitative estimate of drug-likeness (QED) is 0.623. The van der Waals surface area contributed by atoms with Crippen LogP contribution in [0, 0.1) is 10.8 Å². The van der Waals surface area contributed by atoms with Gasteiger partial charge >= 0.3 is 0 Å². The monoisotopic (exact) mass is 357 g/mol. The summed E-state index contributed by atoms with van der Waals surface area (Å²) in [7, 11) is 1.90. The lowest BCUT2D eigenvalue weighted by atomic mass is 9.86. The van der Waals surface area contributed by atoms with E-state index in [1.165, 1.54) is 31.2 Å². The highest BCUT2D eigenvalue weighted by Gasteiger charge is 2.42. The van der Waals surface area contributed by atoms with Crippen LogP contribution in [0.25, 0.3) is 0 Å². The lowest BCUT2D eigenvalue weighted by molar-refractivity contribution is 0.156. The first-order valence-electron chi connectivity index (χ1n) is 10.1. The van der Waals surface area contributed by atoms with Crippen molar-refractivity contribution in [2.75, 3.05) is 39.9 Å². The molecule has 1 aromatic rings. The van der Waals surface area contributed by atoms with E-state index in [0.717, 1.165) is 45.2 Å².